The third-order valence-corrected chi connectivity index (χ3v) is 3.94. The quantitative estimate of drug-likeness (QED) is 0.887. The average Bonchev–Trinajstić information content (AvgIpc) is 2.43. The van der Waals surface area contributed by atoms with Gasteiger partial charge in [0.25, 0.3) is 0 Å². The molecule has 106 valence electrons. The summed E-state index contributed by atoms with van der Waals surface area (Å²) in [5.74, 6) is 1.08. The van der Waals surface area contributed by atoms with Crippen LogP contribution in [0.2, 0.25) is 0 Å². The molecule has 19 heavy (non-hydrogen) atoms. The van der Waals surface area contributed by atoms with Gasteiger partial charge >= 0.3 is 0 Å². The third-order valence-electron chi connectivity index (χ3n) is 3.94. The van der Waals surface area contributed by atoms with Gasteiger partial charge in [-0.15, -0.1) is 0 Å². The molecule has 1 aliphatic heterocycles. The Hall–Kier alpha value is -1.13. The number of piperidine rings is 1. The van der Waals surface area contributed by atoms with Gasteiger partial charge in [-0.25, -0.2) is 4.39 Å². The topological polar surface area (TPSA) is 32.7 Å². The minimum absolute atomic E-state index is 0.148. The molecule has 1 atom stereocenters. The lowest BCUT2D eigenvalue weighted by molar-refractivity contribution is 0.0809. The second-order valence-corrected chi connectivity index (χ2v) is 5.35. The maximum absolute atomic E-state index is 12.8. The number of ether oxygens (including phenoxy) is 1. The van der Waals surface area contributed by atoms with Crippen molar-refractivity contribution in [1.82, 2.24) is 4.90 Å². The molecule has 4 heteroatoms. The summed E-state index contributed by atoms with van der Waals surface area (Å²) in [5, 5.41) is 9.51. The van der Waals surface area contributed by atoms with Gasteiger partial charge < -0.3 is 14.7 Å². The summed E-state index contributed by atoms with van der Waals surface area (Å²) in [6.45, 7) is 2.81. The maximum atomic E-state index is 12.8. The van der Waals surface area contributed by atoms with Crippen LogP contribution in [0.1, 0.15) is 12.8 Å². The van der Waals surface area contributed by atoms with Crippen LogP contribution in [0, 0.1) is 17.7 Å². The molecule has 1 N–H and O–H groups in total. The van der Waals surface area contributed by atoms with E-state index in [9.17, 15) is 9.50 Å². The Morgan fingerprint density at radius 2 is 1.95 bits per heavy atom. The van der Waals surface area contributed by atoms with Crippen LogP contribution in [0.4, 0.5) is 4.39 Å². The van der Waals surface area contributed by atoms with Crippen molar-refractivity contribution in [2.45, 2.75) is 12.8 Å². The van der Waals surface area contributed by atoms with E-state index in [0.29, 0.717) is 18.3 Å². The van der Waals surface area contributed by atoms with Crippen LogP contribution in [0.25, 0.3) is 0 Å². The number of hydrogen-bond acceptors (Lipinski definition) is 3. The molecule has 0 spiro atoms. The number of aliphatic hydroxyl groups is 1. The molecule has 1 aromatic carbocycles. The lowest BCUT2D eigenvalue weighted by atomic mass is 9.85. The van der Waals surface area contributed by atoms with Gasteiger partial charge in [0.05, 0.1) is 6.61 Å². The fourth-order valence-corrected chi connectivity index (χ4v) is 2.57. The smallest absolute Gasteiger partial charge is 0.123 e. The maximum Gasteiger partial charge on any atom is 0.123 e. The zero-order valence-electron chi connectivity index (χ0n) is 11.4. The second kappa shape index (κ2) is 6.87. The fraction of sp³-hybridized carbons (Fsp3) is 0.600. The number of likely N-dealkylation sites (tertiary alicyclic amines) is 1. The predicted molar refractivity (Wildman–Crippen MR) is 72.7 cm³/mol. The third kappa shape index (κ3) is 4.18. The lowest BCUT2D eigenvalue weighted by Gasteiger charge is -2.33. The van der Waals surface area contributed by atoms with E-state index < -0.39 is 0 Å². The lowest BCUT2D eigenvalue weighted by Crippen LogP contribution is -2.36. The van der Waals surface area contributed by atoms with Crippen molar-refractivity contribution in [3.63, 3.8) is 0 Å². The zero-order valence-corrected chi connectivity index (χ0v) is 11.4. The van der Waals surface area contributed by atoms with E-state index in [1.807, 2.05) is 0 Å². The van der Waals surface area contributed by atoms with Crippen LogP contribution >= 0.6 is 0 Å². The highest BCUT2D eigenvalue weighted by Crippen LogP contribution is 2.25. The Labute approximate surface area is 114 Å². The summed E-state index contributed by atoms with van der Waals surface area (Å²) in [4.78, 5) is 2.31. The zero-order chi connectivity index (χ0) is 13.7. The van der Waals surface area contributed by atoms with Gasteiger partial charge in [-0.3, -0.25) is 0 Å². The minimum atomic E-state index is -0.263. The molecule has 1 heterocycles. The van der Waals surface area contributed by atoms with Crippen molar-refractivity contribution in [3.8, 4) is 5.75 Å². The second-order valence-electron chi connectivity index (χ2n) is 5.35. The Morgan fingerprint density at radius 3 is 2.53 bits per heavy atom. The largest absolute Gasteiger partial charge is 0.493 e. The van der Waals surface area contributed by atoms with Gasteiger partial charge in [0, 0.05) is 12.5 Å². The van der Waals surface area contributed by atoms with Gasteiger partial charge in [-0.05, 0) is 63.2 Å². The van der Waals surface area contributed by atoms with Crippen molar-refractivity contribution in [1.29, 1.82) is 0 Å². The Balaban J connectivity index is 1.83. The molecular weight excluding hydrogens is 245 g/mol. The molecule has 0 aliphatic carbocycles. The van der Waals surface area contributed by atoms with Gasteiger partial charge in [-0.1, -0.05) is 0 Å². The first-order chi connectivity index (χ1) is 9.19. The monoisotopic (exact) mass is 267 g/mol. The molecule has 2 rings (SSSR count). The Bertz CT molecular complexity index is 374. The molecule has 0 bridgehead atoms. The van der Waals surface area contributed by atoms with Crippen LogP contribution in [0.15, 0.2) is 24.3 Å². The van der Waals surface area contributed by atoms with Crippen LogP contribution < -0.4 is 4.74 Å². The number of rotatable bonds is 5. The first kappa shape index (κ1) is 14.3. The predicted octanol–water partition coefficient (Wildman–Crippen LogP) is 2.15. The molecule has 1 fully saturated rings. The van der Waals surface area contributed by atoms with Crippen LogP contribution in [0.5, 0.6) is 5.75 Å². The molecule has 0 saturated carbocycles. The standard InChI is InChI=1S/C15H22FNO2/c1-17-8-6-12(7-9-17)13(10-18)11-19-15-4-2-14(16)3-5-15/h2-5,12-13,18H,6-11H2,1H3. The van der Waals surface area contributed by atoms with Crippen LogP contribution in [0.3, 0.4) is 0 Å². The van der Waals surface area contributed by atoms with Crippen molar-refractivity contribution < 1.29 is 14.2 Å². The van der Waals surface area contributed by atoms with Gasteiger partial charge in [0.1, 0.15) is 11.6 Å². The van der Waals surface area contributed by atoms with Gasteiger partial charge in [-0.2, -0.15) is 0 Å². The summed E-state index contributed by atoms with van der Waals surface area (Å²) in [6.07, 6.45) is 2.21. The van der Waals surface area contributed by atoms with E-state index in [4.69, 9.17) is 4.74 Å². The first-order valence-electron chi connectivity index (χ1n) is 6.87. The highest BCUT2D eigenvalue weighted by molar-refractivity contribution is 5.22. The average molecular weight is 267 g/mol. The number of benzene rings is 1. The number of halogens is 1. The summed E-state index contributed by atoms with van der Waals surface area (Å²) in [7, 11) is 2.12. The van der Waals surface area contributed by atoms with E-state index in [0.717, 1.165) is 25.9 Å². The van der Waals surface area contributed by atoms with Crippen molar-refractivity contribution in [3.05, 3.63) is 30.1 Å². The fourth-order valence-electron chi connectivity index (χ4n) is 2.57. The Morgan fingerprint density at radius 1 is 1.32 bits per heavy atom. The minimum Gasteiger partial charge on any atom is -0.493 e. The number of nitrogens with zero attached hydrogens (tertiary/aromatic N) is 1. The molecule has 1 unspecified atom stereocenters. The van der Waals surface area contributed by atoms with Gasteiger partial charge in [0.15, 0.2) is 0 Å². The van der Waals surface area contributed by atoms with Crippen LogP contribution in [-0.4, -0.2) is 43.4 Å². The molecule has 1 saturated heterocycles. The summed E-state index contributed by atoms with van der Waals surface area (Å²) >= 11 is 0. The first-order valence-corrected chi connectivity index (χ1v) is 6.87. The normalized spacial score (nSPS) is 19.3. The number of aliphatic hydroxyl groups excluding tert-OH is 1. The highest BCUT2D eigenvalue weighted by atomic mass is 19.1. The molecule has 0 aromatic heterocycles. The summed E-state index contributed by atoms with van der Waals surface area (Å²) in [6, 6.07) is 6.02. The van der Waals surface area contributed by atoms with Gasteiger partial charge in [0.2, 0.25) is 0 Å². The van der Waals surface area contributed by atoms with Crippen molar-refractivity contribution in [2.24, 2.45) is 11.8 Å². The van der Waals surface area contributed by atoms with E-state index in [-0.39, 0.29) is 18.3 Å². The highest BCUT2D eigenvalue weighted by Gasteiger charge is 2.25. The van der Waals surface area contributed by atoms with E-state index in [2.05, 4.69) is 11.9 Å². The molecule has 0 radical (unpaired) electrons. The molecule has 1 aromatic rings. The number of hydrogen-bond donors (Lipinski definition) is 1. The summed E-state index contributed by atoms with van der Waals surface area (Å²) in [5.41, 5.74) is 0. The molecule has 0 amide bonds. The Kier molecular flexibility index (Phi) is 5.16. The van der Waals surface area contributed by atoms with E-state index >= 15 is 0 Å². The van der Waals surface area contributed by atoms with Crippen molar-refractivity contribution >= 4 is 0 Å². The van der Waals surface area contributed by atoms with Crippen LogP contribution in [-0.2, 0) is 0 Å². The van der Waals surface area contributed by atoms with Crippen molar-refractivity contribution in [2.75, 3.05) is 33.4 Å². The molecule has 3 nitrogen and oxygen atoms in total. The molecule has 1 aliphatic rings. The molecular formula is C15H22FNO2. The SMILES string of the molecule is CN1CCC(C(CO)COc2ccc(F)cc2)CC1. The van der Waals surface area contributed by atoms with E-state index in [1.165, 1.54) is 12.1 Å². The summed E-state index contributed by atoms with van der Waals surface area (Å²) < 4.78 is 18.4. The van der Waals surface area contributed by atoms with E-state index in [1.54, 1.807) is 12.1 Å².